The Labute approximate surface area is 173 Å². The van der Waals surface area contributed by atoms with Gasteiger partial charge in [-0.15, -0.1) is 0 Å². The highest BCUT2D eigenvalue weighted by Gasteiger charge is 2.26. The van der Waals surface area contributed by atoms with Crippen molar-refractivity contribution in [2.24, 2.45) is 0 Å². The number of carbonyl (C=O) groups is 1. The Morgan fingerprint density at radius 2 is 1.85 bits per heavy atom. The Kier molecular flexibility index (Phi) is 8.44. The van der Waals surface area contributed by atoms with E-state index < -0.39 is 22.0 Å². The van der Waals surface area contributed by atoms with Gasteiger partial charge in [0, 0.05) is 10.0 Å². The van der Waals surface area contributed by atoms with Crippen LogP contribution in [0.25, 0.3) is 0 Å². The largest absolute Gasteiger partial charge is 0.460 e. The van der Waals surface area contributed by atoms with E-state index in [0.29, 0.717) is 22.2 Å². The highest BCUT2D eigenvalue weighted by Crippen LogP contribution is 2.16. The van der Waals surface area contributed by atoms with Crippen LogP contribution in [0.15, 0.2) is 53.4 Å². The zero-order chi connectivity index (χ0) is 19.9. The average Bonchev–Trinajstić information content (AvgIpc) is 2.63. The maximum absolute atomic E-state index is 12.6. The molecule has 0 saturated heterocycles. The summed E-state index contributed by atoms with van der Waals surface area (Å²) in [6.07, 6.45) is 2.18. The van der Waals surface area contributed by atoms with Gasteiger partial charge < -0.3 is 4.74 Å². The predicted octanol–water partition coefficient (Wildman–Crippen LogP) is 4.14. The lowest BCUT2D eigenvalue weighted by Gasteiger charge is -2.17. The second kappa shape index (κ2) is 10.3. The summed E-state index contributed by atoms with van der Waals surface area (Å²) in [5.74, 6) is -0.0401. The summed E-state index contributed by atoms with van der Waals surface area (Å²) in [6, 6.07) is 11.7. The minimum absolute atomic E-state index is 0.0117. The van der Waals surface area contributed by atoms with Gasteiger partial charge in [0.05, 0.1) is 4.90 Å². The van der Waals surface area contributed by atoms with Crippen LogP contribution >= 0.6 is 35.0 Å². The van der Waals surface area contributed by atoms with Crippen molar-refractivity contribution in [3.63, 3.8) is 0 Å². The zero-order valence-electron chi connectivity index (χ0n) is 14.5. The summed E-state index contributed by atoms with van der Waals surface area (Å²) >= 11 is 13.2. The quantitative estimate of drug-likeness (QED) is 0.584. The summed E-state index contributed by atoms with van der Waals surface area (Å²) in [4.78, 5) is 12.5. The van der Waals surface area contributed by atoms with Crippen molar-refractivity contribution >= 4 is 51.0 Å². The number of hydrogen-bond donors (Lipinski definition) is 1. The molecule has 0 aromatic heterocycles. The summed E-state index contributed by atoms with van der Waals surface area (Å²) < 4.78 is 32.8. The number of thioether (sulfide) groups is 1. The van der Waals surface area contributed by atoms with Crippen molar-refractivity contribution in [3.8, 4) is 0 Å². The second-order valence-electron chi connectivity index (χ2n) is 5.65. The zero-order valence-corrected chi connectivity index (χ0v) is 17.7. The minimum Gasteiger partial charge on any atom is -0.460 e. The van der Waals surface area contributed by atoms with Crippen LogP contribution in [-0.4, -0.2) is 32.4 Å². The fraction of sp³-hybridized carbons (Fsp3) is 0.278. The Bertz CT molecular complexity index is 873. The normalized spacial score (nSPS) is 12.6. The van der Waals surface area contributed by atoms with Crippen LogP contribution < -0.4 is 4.72 Å². The van der Waals surface area contributed by atoms with E-state index in [4.69, 9.17) is 27.9 Å². The molecule has 0 unspecified atom stereocenters. The van der Waals surface area contributed by atoms with Gasteiger partial charge in [-0.3, -0.25) is 4.79 Å². The molecule has 0 aliphatic carbocycles. The monoisotopic (exact) mass is 447 g/mol. The second-order valence-corrected chi connectivity index (χ2v) is 9.22. The first-order chi connectivity index (χ1) is 12.8. The predicted molar refractivity (Wildman–Crippen MR) is 110 cm³/mol. The van der Waals surface area contributed by atoms with Crippen molar-refractivity contribution < 1.29 is 17.9 Å². The number of halogens is 2. The third kappa shape index (κ3) is 7.01. The molecule has 0 aliphatic heterocycles. The molecular formula is C18H19Cl2NO4S2. The van der Waals surface area contributed by atoms with E-state index >= 15 is 0 Å². The Hall–Kier alpha value is -1.25. The van der Waals surface area contributed by atoms with Gasteiger partial charge in [0.25, 0.3) is 0 Å². The third-order valence-corrected chi connectivity index (χ3v) is 6.21. The molecule has 0 heterocycles. The number of esters is 1. The first-order valence-corrected chi connectivity index (χ1v) is 11.6. The molecule has 0 fully saturated rings. The number of rotatable bonds is 9. The van der Waals surface area contributed by atoms with Gasteiger partial charge in [0.2, 0.25) is 10.0 Å². The van der Waals surface area contributed by atoms with Crippen LogP contribution in [0.2, 0.25) is 10.0 Å². The highest BCUT2D eigenvalue weighted by molar-refractivity contribution is 7.98. The van der Waals surface area contributed by atoms with Crippen LogP contribution in [0, 0.1) is 0 Å². The van der Waals surface area contributed by atoms with Crippen LogP contribution in [-0.2, 0) is 26.2 Å². The molecule has 2 aromatic carbocycles. The topological polar surface area (TPSA) is 72.5 Å². The van der Waals surface area contributed by atoms with E-state index in [9.17, 15) is 13.2 Å². The lowest BCUT2D eigenvalue weighted by atomic mass is 10.2. The smallest absolute Gasteiger partial charge is 0.324 e. The first kappa shape index (κ1) is 22.0. The molecular weight excluding hydrogens is 429 g/mol. The van der Waals surface area contributed by atoms with E-state index in [0.717, 1.165) is 5.56 Å². The summed E-state index contributed by atoms with van der Waals surface area (Å²) in [7, 11) is -3.88. The highest BCUT2D eigenvalue weighted by atomic mass is 35.5. The Balaban J connectivity index is 2.08. The van der Waals surface area contributed by atoms with Gasteiger partial charge in [-0.1, -0.05) is 35.3 Å². The average molecular weight is 448 g/mol. The van der Waals surface area contributed by atoms with Crippen molar-refractivity contribution in [1.82, 2.24) is 4.72 Å². The number of ether oxygens (including phenoxy) is 1. The van der Waals surface area contributed by atoms with Crippen LogP contribution in [0.4, 0.5) is 0 Å². The van der Waals surface area contributed by atoms with Crippen molar-refractivity contribution in [2.45, 2.75) is 24.0 Å². The summed E-state index contributed by atoms with van der Waals surface area (Å²) in [5, 5.41) is 0.958. The van der Waals surface area contributed by atoms with E-state index in [1.54, 1.807) is 24.3 Å². The molecule has 0 amide bonds. The van der Waals surface area contributed by atoms with E-state index in [-0.39, 0.29) is 11.5 Å². The molecule has 0 aliphatic rings. The molecule has 0 saturated carbocycles. The van der Waals surface area contributed by atoms with E-state index in [1.165, 1.54) is 36.0 Å². The number of benzene rings is 2. The fourth-order valence-corrected chi connectivity index (χ4v) is 4.24. The minimum atomic E-state index is -3.88. The lowest BCUT2D eigenvalue weighted by Crippen LogP contribution is -2.42. The lowest BCUT2D eigenvalue weighted by molar-refractivity contribution is -0.147. The van der Waals surface area contributed by atoms with Gasteiger partial charge in [-0.25, -0.2) is 8.42 Å². The number of hydrogen-bond acceptors (Lipinski definition) is 5. The van der Waals surface area contributed by atoms with Crippen LogP contribution in [0.1, 0.15) is 12.0 Å². The molecule has 5 nitrogen and oxygen atoms in total. The maximum Gasteiger partial charge on any atom is 0.324 e. The number of nitrogens with one attached hydrogen (secondary N) is 1. The molecule has 2 rings (SSSR count). The van der Waals surface area contributed by atoms with Gasteiger partial charge in [-0.2, -0.15) is 16.5 Å². The first-order valence-electron chi connectivity index (χ1n) is 8.00. The molecule has 27 heavy (non-hydrogen) atoms. The fourth-order valence-electron chi connectivity index (χ4n) is 2.21. The van der Waals surface area contributed by atoms with Crippen molar-refractivity contribution in [2.75, 3.05) is 12.0 Å². The van der Waals surface area contributed by atoms with E-state index in [2.05, 4.69) is 4.72 Å². The van der Waals surface area contributed by atoms with Gasteiger partial charge in [-0.05, 0) is 60.4 Å². The molecule has 9 heteroatoms. The standard InChI is InChI=1S/C18H19Cl2NO4S2/c1-26-10-9-17(18(22)25-12-13-3-2-4-15(20)11-13)21-27(23,24)16-7-5-14(19)6-8-16/h2-8,11,17,21H,9-10,12H2,1H3/t17-/m0/s1. The Morgan fingerprint density at radius 3 is 2.48 bits per heavy atom. The molecule has 0 bridgehead atoms. The molecule has 0 spiro atoms. The van der Waals surface area contributed by atoms with Crippen molar-refractivity contribution in [1.29, 1.82) is 0 Å². The van der Waals surface area contributed by atoms with Gasteiger partial charge >= 0.3 is 5.97 Å². The van der Waals surface area contributed by atoms with Gasteiger partial charge in [0.15, 0.2) is 0 Å². The van der Waals surface area contributed by atoms with Crippen molar-refractivity contribution in [3.05, 3.63) is 64.1 Å². The van der Waals surface area contributed by atoms with Crippen LogP contribution in [0.5, 0.6) is 0 Å². The number of carbonyl (C=O) groups excluding carboxylic acids is 1. The third-order valence-electron chi connectivity index (χ3n) is 3.59. The molecule has 2 aromatic rings. The van der Waals surface area contributed by atoms with Crippen LogP contribution in [0.3, 0.4) is 0 Å². The van der Waals surface area contributed by atoms with Gasteiger partial charge in [0.1, 0.15) is 12.6 Å². The summed E-state index contributed by atoms with van der Waals surface area (Å²) in [5.41, 5.74) is 0.722. The number of sulfonamides is 1. The SMILES string of the molecule is CSCC[C@H](NS(=O)(=O)c1ccc(Cl)cc1)C(=O)OCc1cccc(Cl)c1. The molecule has 1 atom stereocenters. The van der Waals surface area contributed by atoms with E-state index in [1.807, 2.05) is 6.26 Å². The summed E-state index contributed by atoms with van der Waals surface area (Å²) in [6.45, 7) is 0.0117. The maximum atomic E-state index is 12.6. The molecule has 146 valence electrons. The Morgan fingerprint density at radius 1 is 1.15 bits per heavy atom. The molecule has 0 radical (unpaired) electrons. The molecule has 1 N–H and O–H groups in total.